The summed E-state index contributed by atoms with van der Waals surface area (Å²) in [5.74, 6) is 0.0878. The fraction of sp³-hybridized carbons (Fsp3) is 0.0625. The maximum Gasteiger partial charge on any atom is 0.198 e. The predicted molar refractivity (Wildman–Crippen MR) is 91.1 cm³/mol. The molecule has 0 saturated carbocycles. The lowest BCUT2D eigenvalue weighted by Gasteiger charge is -1.99. The van der Waals surface area contributed by atoms with E-state index < -0.39 is 0 Å². The molecular weight excluding hydrogens is 352 g/mol. The van der Waals surface area contributed by atoms with E-state index in [-0.39, 0.29) is 5.88 Å². The Hall–Kier alpha value is -1.78. The van der Waals surface area contributed by atoms with E-state index >= 15 is 0 Å². The monoisotopic (exact) mass is 362 g/mol. The van der Waals surface area contributed by atoms with Crippen molar-refractivity contribution < 1.29 is 5.11 Å². The van der Waals surface area contributed by atoms with Crippen molar-refractivity contribution in [1.29, 1.82) is 0 Å². The van der Waals surface area contributed by atoms with E-state index in [2.05, 4.69) is 25.9 Å². The molecule has 1 heterocycles. The summed E-state index contributed by atoms with van der Waals surface area (Å²) in [7, 11) is 0. The van der Waals surface area contributed by atoms with E-state index in [1.54, 1.807) is 18.3 Å². The molecule has 0 aliphatic carbocycles. The van der Waals surface area contributed by atoms with Gasteiger partial charge in [-0.3, -0.25) is 4.99 Å². The summed E-state index contributed by atoms with van der Waals surface area (Å²) in [6.07, 6.45) is 1.65. The molecule has 0 amide bonds. The average Bonchev–Trinajstić information content (AvgIpc) is 2.75. The molecule has 0 bridgehead atoms. The second-order valence-corrected chi connectivity index (χ2v) is 6.06. The lowest BCUT2D eigenvalue weighted by atomic mass is 10.2. The highest BCUT2D eigenvalue weighted by molar-refractivity contribution is 9.10. The first-order valence-electron chi connectivity index (χ1n) is 6.35. The third-order valence-corrected chi connectivity index (χ3v) is 4.39. The smallest absolute Gasteiger partial charge is 0.198 e. The van der Waals surface area contributed by atoms with Crippen LogP contribution in [-0.2, 0) is 0 Å². The van der Waals surface area contributed by atoms with Gasteiger partial charge in [-0.15, -0.1) is 0 Å². The minimum atomic E-state index is 0.0878. The fourth-order valence-corrected chi connectivity index (χ4v) is 2.57. The second kappa shape index (κ2) is 5.54. The number of aliphatic imine (C=N–C) groups is 1. The highest BCUT2D eigenvalue weighted by atomic mass is 79.9. The standard InChI is InChI=1S/C16H12BrClN2O/c1-9-6-11(3-4-14(9)17)19-8-13-12-7-10(18)2-5-15(12)20-16(13)21/h2-8,20-21H,1H3. The first-order valence-corrected chi connectivity index (χ1v) is 7.52. The number of hydrogen-bond acceptors (Lipinski definition) is 2. The van der Waals surface area contributed by atoms with Gasteiger partial charge in [-0.25, -0.2) is 0 Å². The van der Waals surface area contributed by atoms with Gasteiger partial charge in [0.15, 0.2) is 5.88 Å². The van der Waals surface area contributed by atoms with Crippen LogP contribution in [0.4, 0.5) is 5.69 Å². The molecule has 0 aliphatic rings. The van der Waals surface area contributed by atoms with Gasteiger partial charge in [0.1, 0.15) is 0 Å². The van der Waals surface area contributed by atoms with Crippen LogP contribution in [-0.4, -0.2) is 16.3 Å². The molecule has 3 rings (SSSR count). The van der Waals surface area contributed by atoms with Crippen LogP contribution >= 0.6 is 27.5 Å². The van der Waals surface area contributed by atoms with Crippen LogP contribution < -0.4 is 0 Å². The van der Waals surface area contributed by atoms with Crippen LogP contribution in [0.1, 0.15) is 11.1 Å². The lowest BCUT2D eigenvalue weighted by Crippen LogP contribution is -1.80. The number of nitrogens with one attached hydrogen (secondary N) is 1. The fourth-order valence-electron chi connectivity index (χ4n) is 2.15. The molecule has 1 aromatic heterocycles. The largest absolute Gasteiger partial charge is 0.494 e. The minimum absolute atomic E-state index is 0.0878. The molecular formula is C16H12BrClN2O. The molecule has 5 heteroatoms. The molecule has 0 atom stereocenters. The van der Waals surface area contributed by atoms with Crippen molar-refractivity contribution in [3.8, 4) is 5.88 Å². The normalized spacial score (nSPS) is 11.6. The second-order valence-electron chi connectivity index (χ2n) is 4.77. The molecule has 0 saturated heterocycles. The van der Waals surface area contributed by atoms with Gasteiger partial charge < -0.3 is 10.1 Å². The summed E-state index contributed by atoms with van der Waals surface area (Å²) in [5, 5.41) is 11.5. The molecule has 3 nitrogen and oxygen atoms in total. The highest BCUT2D eigenvalue weighted by Gasteiger charge is 2.09. The number of H-pyrrole nitrogens is 1. The molecule has 106 valence electrons. The Labute approximate surface area is 135 Å². The van der Waals surface area contributed by atoms with Crippen molar-refractivity contribution >= 4 is 50.3 Å². The number of nitrogens with zero attached hydrogens (tertiary/aromatic N) is 1. The summed E-state index contributed by atoms with van der Waals surface area (Å²) in [5.41, 5.74) is 3.39. The predicted octanol–water partition coefficient (Wildman–Crippen LogP) is 5.35. The van der Waals surface area contributed by atoms with Gasteiger partial charge in [0, 0.05) is 26.6 Å². The summed E-state index contributed by atoms with van der Waals surface area (Å²) < 4.78 is 1.04. The van der Waals surface area contributed by atoms with Crippen LogP contribution in [0.2, 0.25) is 5.02 Å². The van der Waals surface area contributed by atoms with Crippen LogP contribution in [0.3, 0.4) is 0 Å². The molecule has 0 spiro atoms. The lowest BCUT2D eigenvalue weighted by molar-refractivity contribution is 0.457. The molecule has 21 heavy (non-hydrogen) atoms. The Morgan fingerprint density at radius 1 is 1.24 bits per heavy atom. The number of aryl methyl sites for hydroxylation is 1. The Kier molecular flexibility index (Phi) is 3.74. The average molecular weight is 364 g/mol. The number of benzene rings is 2. The van der Waals surface area contributed by atoms with E-state index in [1.165, 1.54) is 0 Å². The van der Waals surface area contributed by atoms with Crippen molar-refractivity contribution in [2.24, 2.45) is 4.99 Å². The van der Waals surface area contributed by atoms with Crippen LogP contribution in [0, 0.1) is 6.92 Å². The molecule has 2 N–H and O–H groups in total. The van der Waals surface area contributed by atoms with Gasteiger partial charge in [-0.05, 0) is 48.9 Å². The first kappa shape index (κ1) is 14.2. The molecule has 0 aliphatic heterocycles. The number of aromatic hydroxyl groups is 1. The van der Waals surface area contributed by atoms with Crippen molar-refractivity contribution in [2.45, 2.75) is 6.92 Å². The highest BCUT2D eigenvalue weighted by Crippen LogP contribution is 2.29. The van der Waals surface area contributed by atoms with Gasteiger partial charge in [0.05, 0.1) is 11.3 Å². The Balaban J connectivity index is 2.04. The number of aromatic amines is 1. The molecule has 0 unspecified atom stereocenters. The van der Waals surface area contributed by atoms with Crippen LogP contribution in [0.15, 0.2) is 45.9 Å². The zero-order valence-corrected chi connectivity index (χ0v) is 13.5. The topological polar surface area (TPSA) is 48.4 Å². The summed E-state index contributed by atoms with van der Waals surface area (Å²) in [6, 6.07) is 11.2. The van der Waals surface area contributed by atoms with Gasteiger partial charge in [0.2, 0.25) is 0 Å². The Bertz CT molecular complexity index is 855. The summed E-state index contributed by atoms with van der Waals surface area (Å²) in [4.78, 5) is 7.33. The minimum Gasteiger partial charge on any atom is -0.494 e. The van der Waals surface area contributed by atoms with E-state index in [0.29, 0.717) is 10.6 Å². The van der Waals surface area contributed by atoms with Gasteiger partial charge in [0.25, 0.3) is 0 Å². The summed E-state index contributed by atoms with van der Waals surface area (Å²) >= 11 is 9.47. The van der Waals surface area contributed by atoms with Gasteiger partial charge >= 0.3 is 0 Å². The molecule has 0 radical (unpaired) electrons. The first-order chi connectivity index (χ1) is 10.0. The SMILES string of the molecule is Cc1cc(N=Cc2c(O)[nH]c3ccc(Cl)cc23)ccc1Br. The molecule has 3 aromatic rings. The van der Waals surface area contributed by atoms with Crippen LogP contribution in [0.5, 0.6) is 5.88 Å². The van der Waals surface area contributed by atoms with E-state index in [0.717, 1.165) is 26.6 Å². The number of aromatic nitrogens is 1. The maximum atomic E-state index is 10.0. The van der Waals surface area contributed by atoms with E-state index in [1.807, 2.05) is 31.2 Å². The molecule has 2 aromatic carbocycles. The van der Waals surface area contributed by atoms with Gasteiger partial charge in [-0.2, -0.15) is 0 Å². The van der Waals surface area contributed by atoms with Crippen molar-refractivity contribution in [3.05, 3.63) is 57.0 Å². The third kappa shape index (κ3) is 2.82. The number of rotatable bonds is 2. The van der Waals surface area contributed by atoms with E-state index in [4.69, 9.17) is 11.6 Å². The number of fused-ring (bicyclic) bond motifs is 1. The zero-order valence-electron chi connectivity index (χ0n) is 11.2. The number of halogens is 2. The zero-order chi connectivity index (χ0) is 15.0. The van der Waals surface area contributed by atoms with Crippen LogP contribution in [0.25, 0.3) is 10.9 Å². The Morgan fingerprint density at radius 3 is 2.81 bits per heavy atom. The van der Waals surface area contributed by atoms with Crippen molar-refractivity contribution in [3.63, 3.8) is 0 Å². The number of hydrogen-bond donors (Lipinski definition) is 2. The van der Waals surface area contributed by atoms with E-state index in [9.17, 15) is 5.11 Å². The third-order valence-electron chi connectivity index (χ3n) is 3.26. The van der Waals surface area contributed by atoms with Crippen molar-refractivity contribution in [1.82, 2.24) is 4.98 Å². The maximum absolute atomic E-state index is 10.0. The quantitative estimate of drug-likeness (QED) is 0.592. The van der Waals surface area contributed by atoms with Gasteiger partial charge in [-0.1, -0.05) is 27.5 Å². The Morgan fingerprint density at radius 2 is 2.05 bits per heavy atom. The molecule has 0 fully saturated rings. The van der Waals surface area contributed by atoms with Crippen molar-refractivity contribution in [2.75, 3.05) is 0 Å². The summed E-state index contributed by atoms with van der Waals surface area (Å²) in [6.45, 7) is 2.01.